The molecule has 3 nitrogen and oxygen atoms in total. The Hall–Kier alpha value is -6.58. The van der Waals surface area contributed by atoms with Crippen LogP contribution in [0.3, 0.4) is 0 Å². The van der Waals surface area contributed by atoms with Gasteiger partial charge in [-0.2, -0.15) is 0 Å². The van der Waals surface area contributed by atoms with E-state index in [0.29, 0.717) is 0 Å². The smallest absolute Gasteiger partial charge is 0.136 e. The second-order valence-corrected chi connectivity index (χ2v) is 13.3. The normalized spacial score (nSPS) is 12.5. The summed E-state index contributed by atoms with van der Waals surface area (Å²) in [6.07, 6.45) is 0. The number of aromatic nitrogens is 2. The van der Waals surface area contributed by atoms with E-state index in [2.05, 4.69) is 161 Å². The fourth-order valence-corrected chi connectivity index (χ4v) is 8.89. The molecule has 0 aliphatic carbocycles. The molecule has 0 amide bonds. The summed E-state index contributed by atoms with van der Waals surface area (Å²) >= 11 is 0. The van der Waals surface area contributed by atoms with Crippen LogP contribution in [0.4, 0.5) is 0 Å². The van der Waals surface area contributed by atoms with Crippen LogP contribution in [-0.2, 0) is 0 Å². The molecule has 0 bridgehead atoms. The van der Waals surface area contributed by atoms with Crippen molar-refractivity contribution in [3.8, 4) is 16.8 Å². The molecule has 12 aromatic rings. The topological polar surface area (TPSA) is 22.5 Å². The Bertz CT molecular complexity index is 3340. The van der Waals surface area contributed by atoms with Gasteiger partial charge in [0, 0.05) is 43.4 Å². The first-order chi connectivity index (χ1) is 24.3. The van der Waals surface area contributed by atoms with Crippen molar-refractivity contribution in [2.45, 2.75) is 0 Å². The second kappa shape index (κ2) is 9.06. The van der Waals surface area contributed by atoms with Crippen molar-refractivity contribution in [2.75, 3.05) is 0 Å². The van der Waals surface area contributed by atoms with Crippen LogP contribution in [0.1, 0.15) is 0 Å². The molecule has 0 radical (unpaired) electrons. The van der Waals surface area contributed by atoms with Gasteiger partial charge in [-0.3, -0.25) is 0 Å². The number of nitrogens with zero attached hydrogens (tertiary/aromatic N) is 2. The lowest BCUT2D eigenvalue weighted by Gasteiger charge is -2.12. The van der Waals surface area contributed by atoms with Gasteiger partial charge in [0.1, 0.15) is 11.2 Å². The van der Waals surface area contributed by atoms with Crippen molar-refractivity contribution >= 4 is 92.6 Å². The third kappa shape index (κ3) is 3.17. The van der Waals surface area contributed by atoms with Crippen LogP contribution >= 0.6 is 0 Å². The van der Waals surface area contributed by atoms with Gasteiger partial charge < -0.3 is 13.4 Å². The molecule has 0 unspecified atom stereocenters. The minimum Gasteiger partial charge on any atom is -0.456 e. The van der Waals surface area contributed by atoms with Gasteiger partial charge in [-0.1, -0.05) is 109 Å². The highest BCUT2D eigenvalue weighted by molar-refractivity contribution is 6.35. The molecule has 0 saturated heterocycles. The Morgan fingerprint density at radius 3 is 2.06 bits per heavy atom. The monoisotopic (exact) mass is 622 g/mol. The molecular formula is C46H26N2O. The first-order valence-electron chi connectivity index (χ1n) is 16.9. The van der Waals surface area contributed by atoms with E-state index in [0.717, 1.165) is 27.6 Å². The molecule has 12 rings (SSSR count). The fourth-order valence-electron chi connectivity index (χ4n) is 8.89. The molecular weight excluding hydrogens is 597 g/mol. The van der Waals surface area contributed by atoms with Gasteiger partial charge >= 0.3 is 0 Å². The molecule has 0 aliphatic heterocycles. The number of furan rings is 1. The zero-order valence-corrected chi connectivity index (χ0v) is 26.3. The molecule has 0 saturated carbocycles. The summed E-state index contributed by atoms with van der Waals surface area (Å²) in [5.41, 5.74) is 11.5. The van der Waals surface area contributed by atoms with E-state index in [1.807, 2.05) is 6.07 Å². The molecule has 0 spiro atoms. The summed E-state index contributed by atoms with van der Waals surface area (Å²) in [5.74, 6) is 0. The molecule has 0 N–H and O–H groups in total. The Kier molecular flexibility index (Phi) is 4.72. The van der Waals surface area contributed by atoms with Crippen LogP contribution in [-0.4, -0.2) is 8.97 Å². The zero-order valence-electron chi connectivity index (χ0n) is 26.3. The van der Waals surface area contributed by atoms with Gasteiger partial charge in [0.2, 0.25) is 0 Å². The number of fused-ring (bicyclic) bond motifs is 11. The highest BCUT2D eigenvalue weighted by atomic mass is 16.3. The predicted molar refractivity (Wildman–Crippen MR) is 206 cm³/mol. The SMILES string of the molecule is c1cc(-c2cccc3oc4ccccc4c23)cc(-n2c3cccc4c5ccccc5n5c6ccc7ccccc7c6c6ccc2c(c43)c65)c1. The molecule has 3 heteroatoms. The van der Waals surface area contributed by atoms with Crippen LogP contribution in [0.15, 0.2) is 162 Å². The average Bonchev–Trinajstić information content (AvgIpc) is 3.79. The summed E-state index contributed by atoms with van der Waals surface area (Å²) in [5, 5.41) is 12.6. The van der Waals surface area contributed by atoms with Gasteiger partial charge in [0.25, 0.3) is 0 Å². The fraction of sp³-hybridized carbons (Fsp3) is 0. The Labute approximate surface area is 279 Å². The Morgan fingerprint density at radius 2 is 1.10 bits per heavy atom. The van der Waals surface area contributed by atoms with Crippen LogP contribution in [0.25, 0.3) is 109 Å². The molecule has 0 aliphatic rings. The Morgan fingerprint density at radius 1 is 0.388 bits per heavy atom. The Balaban J connectivity index is 1.25. The molecule has 8 aromatic carbocycles. The predicted octanol–water partition coefficient (Wildman–Crippen LogP) is 12.7. The lowest BCUT2D eigenvalue weighted by molar-refractivity contribution is 0.669. The van der Waals surface area contributed by atoms with E-state index < -0.39 is 0 Å². The van der Waals surface area contributed by atoms with E-state index >= 15 is 0 Å². The number of rotatable bonds is 2. The van der Waals surface area contributed by atoms with Crippen LogP contribution in [0.5, 0.6) is 0 Å². The maximum Gasteiger partial charge on any atom is 0.136 e. The van der Waals surface area contributed by atoms with Crippen LogP contribution in [0.2, 0.25) is 0 Å². The highest BCUT2D eigenvalue weighted by Gasteiger charge is 2.24. The van der Waals surface area contributed by atoms with E-state index in [1.54, 1.807) is 0 Å². The molecule has 0 atom stereocenters. The molecule has 49 heavy (non-hydrogen) atoms. The number of benzene rings is 8. The van der Waals surface area contributed by atoms with E-state index in [4.69, 9.17) is 4.42 Å². The van der Waals surface area contributed by atoms with Crippen LogP contribution in [0, 0.1) is 0 Å². The minimum atomic E-state index is 0.911. The number of hydrogen-bond acceptors (Lipinski definition) is 1. The largest absolute Gasteiger partial charge is 0.456 e. The third-order valence-electron chi connectivity index (χ3n) is 10.8. The van der Waals surface area contributed by atoms with Crippen molar-refractivity contribution in [2.24, 2.45) is 0 Å². The van der Waals surface area contributed by atoms with Crippen molar-refractivity contribution in [1.82, 2.24) is 8.97 Å². The zero-order chi connectivity index (χ0) is 31.8. The standard InChI is InChI=1S/C46H26N2O/c1-2-13-30-27(10-1)22-24-38-42(30)35-23-25-39-45-44-33(32-14-3-5-18-36(32)48(38)46(35)45)17-8-19-37(44)47(39)29-12-7-11-28(26-29)31-16-9-21-41-43(31)34-15-4-6-20-40(34)49-41/h1-26H. The van der Waals surface area contributed by atoms with Gasteiger partial charge in [-0.15, -0.1) is 0 Å². The van der Waals surface area contributed by atoms with E-state index in [-0.39, 0.29) is 0 Å². The maximum absolute atomic E-state index is 6.28. The van der Waals surface area contributed by atoms with Crippen molar-refractivity contribution in [3.63, 3.8) is 0 Å². The quantitative estimate of drug-likeness (QED) is 0.188. The molecule has 226 valence electrons. The van der Waals surface area contributed by atoms with Crippen molar-refractivity contribution in [1.29, 1.82) is 0 Å². The lowest BCUT2D eigenvalue weighted by atomic mass is 9.99. The van der Waals surface area contributed by atoms with Crippen molar-refractivity contribution in [3.05, 3.63) is 158 Å². The van der Waals surface area contributed by atoms with Gasteiger partial charge in [-0.25, -0.2) is 0 Å². The van der Waals surface area contributed by atoms with Gasteiger partial charge in [-0.05, 0) is 75.8 Å². The first kappa shape index (κ1) is 25.5. The van der Waals surface area contributed by atoms with Crippen molar-refractivity contribution < 1.29 is 4.42 Å². The number of hydrogen-bond donors (Lipinski definition) is 0. The number of para-hydroxylation sites is 2. The molecule has 4 heterocycles. The summed E-state index contributed by atoms with van der Waals surface area (Å²) in [6.45, 7) is 0. The highest BCUT2D eigenvalue weighted by Crippen LogP contribution is 2.47. The minimum absolute atomic E-state index is 0.911. The van der Waals surface area contributed by atoms with Crippen LogP contribution < -0.4 is 0 Å². The molecule has 4 aromatic heterocycles. The summed E-state index contributed by atoms with van der Waals surface area (Å²) in [7, 11) is 0. The summed E-state index contributed by atoms with van der Waals surface area (Å²) in [6, 6.07) is 57.5. The molecule has 0 fully saturated rings. The van der Waals surface area contributed by atoms with E-state index in [9.17, 15) is 0 Å². The third-order valence-corrected chi connectivity index (χ3v) is 10.8. The second-order valence-electron chi connectivity index (χ2n) is 13.3. The van der Waals surface area contributed by atoms with Gasteiger partial charge in [0.15, 0.2) is 0 Å². The van der Waals surface area contributed by atoms with Gasteiger partial charge in [0.05, 0.1) is 27.6 Å². The maximum atomic E-state index is 6.28. The summed E-state index contributed by atoms with van der Waals surface area (Å²) < 4.78 is 11.3. The first-order valence-corrected chi connectivity index (χ1v) is 16.9. The van der Waals surface area contributed by atoms with E-state index in [1.165, 1.54) is 81.8 Å². The average molecular weight is 623 g/mol. The summed E-state index contributed by atoms with van der Waals surface area (Å²) in [4.78, 5) is 0. The lowest BCUT2D eigenvalue weighted by Crippen LogP contribution is -1.95.